The predicted octanol–water partition coefficient (Wildman–Crippen LogP) is 2.12. The van der Waals surface area contributed by atoms with E-state index in [0.717, 1.165) is 25.9 Å². The van der Waals surface area contributed by atoms with Crippen LogP contribution in [0.2, 0.25) is 0 Å². The van der Waals surface area contributed by atoms with Crippen LogP contribution in [0, 0.1) is 0 Å². The van der Waals surface area contributed by atoms with Crippen molar-refractivity contribution in [2.24, 2.45) is 4.99 Å². The lowest BCUT2D eigenvalue weighted by molar-refractivity contribution is 0.728. The fourth-order valence-electron chi connectivity index (χ4n) is 1.34. The van der Waals surface area contributed by atoms with Crippen molar-refractivity contribution in [3.8, 4) is 0 Å². The second-order valence-electron chi connectivity index (χ2n) is 3.14. The summed E-state index contributed by atoms with van der Waals surface area (Å²) in [5, 5.41) is 3.34. The highest BCUT2D eigenvalue weighted by Crippen LogP contribution is 2.05. The molecule has 2 heteroatoms. The molecular weight excluding hydrogens is 148 g/mol. The lowest BCUT2D eigenvalue weighted by Gasteiger charge is -2.05. The Morgan fingerprint density at radius 1 is 1.42 bits per heavy atom. The zero-order valence-electron chi connectivity index (χ0n) is 7.68. The largest absolute Gasteiger partial charge is 0.374 e. The summed E-state index contributed by atoms with van der Waals surface area (Å²) in [5.41, 5.74) is 0. The van der Waals surface area contributed by atoms with Gasteiger partial charge in [-0.15, -0.1) is 6.58 Å². The van der Waals surface area contributed by atoms with Gasteiger partial charge in [-0.25, -0.2) is 0 Å². The van der Waals surface area contributed by atoms with Crippen molar-refractivity contribution < 1.29 is 0 Å². The van der Waals surface area contributed by atoms with Gasteiger partial charge in [0.25, 0.3) is 0 Å². The van der Waals surface area contributed by atoms with Crippen LogP contribution in [0.3, 0.4) is 0 Å². The third kappa shape index (κ3) is 3.56. The second-order valence-corrected chi connectivity index (χ2v) is 3.14. The third-order valence-corrected chi connectivity index (χ3v) is 2.05. The summed E-state index contributed by atoms with van der Waals surface area (Å²) >= 11 is 0. The first-order valence-electron chi connectivity index (χ1n) is 4.81. The van der Waals surface area contributed by atoms with E-state index in [1.54, 1.807) is 0 Å². The molecule has 0 atom stereocenters. The van der Waals surface area contributed by atoms with Crippen LogP contribution in [0.4, 0.5) is 0 Å². The normalized spacial score (nSPS) is 17.8. The number of nitrogens with one attached hydrogen (secondary N) is 1. The molecule has 1 rings (SSSR count). The van der Waals surface area contributed by atoms with Gasteiger partial charge in [0.15, 0.2) is 0 Å². The monoisotopic (exact) mass is 166 g/mol. The highest BCUT2D eigenvalue weighted by atomic mass is 15.0. The van der Waals surface area contributed by atoms with Crippen molar-refractivity contribution in [1.82, 2.24) is 5.32 Å². The van der Waals surface area contributed by atoms with Crippen LogP contribution in [-0.2, 0) is 0 Å². The van der Waals surface area contributed by atoms with Crippen molar-refractivity contribution in [1.29, 1.82) is 0 Å². The van der Waals surface area contributed by atoms with E-state index in [1.807, 2.05) is 6.08 Å². The molecule has 0 saturated heterocycles. The molecule has 1 aliphatic rings. The number of hydrogen-bond acceptors (Lipinski definition) is 2. The van der Waals surface area contributed by atoms with Crippen LogP contribution < -0.4 is 5.32 Å². The number of amidine groups is 1. The van der Waals surface area contributed by atoms with Crippen molar-refractivity contribution in [2.45, 2.75) is 32.1 Å². The number of hydrogen-bond donors (Lipinski definition) is 1. The topological polar surface area (TPSA) is 24.4 Å². The molecule has 0 amide bonds. The van der Waals surface area contributed by atoms with Crippen molar-refractivity contribution >= 4 is 5.84 Å². The lowest BCUT2D eigenvalue weighted by Crippen LogP contribution is -2.23. The summed E-state index contributed by atoms with van der Waals surface area (Å²) < 4.78 is 0. The molecule has 0 bridgehead atoms. The molecule has 0 unspecified atom stereocenters. The van der Waals surface area contributed by atoms with Crippen LogP contribution in [0.25, 0.3) is 0 Å². The molecule has 0 fully saturated rings. The molecule has 0 aromatic rings. The second kappa shape index (κ2) is 5.81. The SMILES string of the molecule is C=CCCNC1=NCCCCC1. The Kier molecular flexibility index (Phi) is 4.50. The number of rotatable bonds is 3. The van der Waals surface area contributed by atoms with Gasteiger partial charge >= 0.3 is 0 Å². The molecule has 0 saturated carbocycles. The van der Waals surface area contributed by atoms with Crippen LogP contribution in [-0.4, -0.2) is 18.9 Å². The molecule has 0 aliphatic carbocycles. The van der Waals surface area contributed by atoms with E-state index in [0.29, 0.717) is 0 Å². The van der Waals surface area contributed by atoms with Gasteiger partial charge in [-0.3, -0.25) is 4.99 Å². The molecule has 0 radical (unpaired) electrons. The van der Waals surface area contributed by atoms with Crippen LogP contribution in [0.5, 0.6) is 0 Å². The fraction of sp³-hybridized carbons (Fsp3) is 0.700. The molecule has 1 heterocycles. The number of aliphatic imine (C=N–C) groups is 1. The van der Waals surface area contributed by atoms with Gasteiger partial charge in [0, 0.05) is 19.5 Å². The van der Waals surface area contributed by atoms with Crippen LogP contribution in [0.15, 0.2) is 17.6 Å². The van der Waals surface area contributed by atoms with Crippen molar-refractivity contribution in [3.05, 3.63) is 12.7 Å². The molecule has 2 nitrogen and oxygen atoms in total. The summed E-state index contributed by atoms with van der Waals surface area (Å²) in [7, 11) is 0. The Labute approximate surface area is 74.8 Å². The Balaban J connectivity index is 2.19. The van der Waals surface area contributed by atoms with Gasteiger partial charge < -0.3 is 5.32 Å². The molecule has 12 heavy (non-hydrogen) atoms. The molecule has 1 N–H and O–H groups in total. The Morgan fingerprint density at radius 3 is 3.17 bits per heavy atom. The summed E-state index contributed by atoms with van der Waals surface area (Å²) in [6.07, 6.45) is 7.98. The highest BCUT2D eigenvalue weighted by Gasteiger charge is 2.01. The van der Waals surface area contributed by atoms with E-state index < -0.39 is 0 Å². The van der Waals surface area contributed by atoms with Gasteiger partial charge in [-0.2, -0.15) is 0 Å². The average molecular weight is 166 g/mol. The smallest absolute Gasteiger partial charge is 0.0963 e. The summed E-state index contributed by atoms with van der Waals surface area (Å²) in [6.45, 7) is 5.68. The first-order valence-corrected chi connectivity index (χ1v) is 4.81. The standard InChI is InChI=1S/C10H18N2/c1-2-3-8-11-10-7-5-4-6-9-12-10/h2H,1,3-9H2,(H,11,12). The maximum Gasteiger partial charge on any atom is 0.0963 e. The van der Waals surface area contributed by atoms with Gasteiger partial charge in [0.1, 0.15) is 0 Å². The Morgan fingerprint density at radius 2 is 2.33 bits per heavy atom. The van der Waals surface area contributed by atoms with E-state index >= 15 is 0 Å². The van der Waals surface area contributed by atoms with Gasteiger partial charge in [0.05, 0.1) is 5.84 Å². The van der Waals surface area contributed by atoms with Crippen LogP contribution >= 0.6 is 0 Å². The first kappa shape index (κ1) is 9.30. The average Bonchev–Trinajstić information content (AvgIpc) is 2.33. The Bertz CT molecular complexity index is 161. The fourth-order valence-corrected chi connectivity index (χ4v) is 1.34. The van der Waals surface area contributed by atoms with Crippen molar-refractivity contribution in [3.63, 3.8) is 0 Å². The first-order chi connectivity index (χ1) is 5.93. The lowest BCUT2D eigenvalue weighted by atomic mass is 10.2. The minimum atomic E-state index is 0.988. The third-order valence-electron chi connectivity index (χ3n) is 2.05. The molecule has 0 aromatic carbocycles. The summed E-state index contributed by atoms with van der Waals surface area (Å²) in [4.78, 5) is 4.47. The summed E-state index contributed by atoms with van der Waals surface area (Å²) in [6, 6.07) is 0. The van der Waals surface area contributed by atoms with E-state index in [1.165, 1.54) is 25.1 Å². The molecular formula is C10H18N2. The van der Waals surface area contributed by atoms with Crippen LogP contribution in [0.1, 0.15) is 32.1 Å². The van der Waals surface area contributed by atoms with Crippen molar-refractivity contribution in [2.75, 3.05) is 13.1 Å². The zero-order chi connectivity index (χ0) is 8.65. The highest BCUT2D eigenvalue weighted by molar-refractivity contribution is 5.82. The van der Waals surface area contributed by atoms with Gasteiger partial charge in [-0.1, -0.05) is 12.5 Å². The molecule has 0 spiro atoms. The number of nitrogens with zero attached hydrogens (tertiary/aromatic N) is 1. The van der Waals surface area contributed by atoms with E-state index in [2.05, 4.69) is 16.9 Å². The predicted molar refractivity (Wildman–Crippen MR) is 53.6 cm³/mol. The molecule has 1 aliphatic heterocycles. The Hall–Kier alpha value is -0.790. The minimum Gasteiger partial charge on any atom is -0.374 e. The molecule has 0 aromatic heterocycles. The summed E-state index contributed by atoms with van der Waals surface area (Å²) in [5.74, 6) is 1.20. The van der Waals surface area contributed by atoms with E-state index in [4.69, 9.17) is 0 Å². The maximum atomic E-state index is 4.47. The van der Waals surface area contributed by atoms with Gasteiger partial charge in [-0.05, 0) is 19.3 Å². The quantitative estimate of drug-likeness (QED) is 0.504. The molecule has 68 valence electrons. The minimum absolute atomic E-state index is 0.988. The zero-order valence-corrected chi connectivity index (χ0v) is 7.68. The van der Waals surface area contributed by atoms with E-state index in [-0.39, 0.29) is 0 Å². The van der Waals surface area contributed by atoms with Gasteiger partial charge in [0.2, 0.25) is 0 Å². The van der Waals surface area contributed by atoms with E-state index in [9.17, 15) is 0 Å². The maximum absolute atomic E-state index is 4.47.